The van der Waals surface area contributed by atoms with E-state index in [0.29, 0.717) is 4.68 Å². The van der Waals surface area contributed by atoms with Crippen LogP contribution in [-0.2, 0) is 10.0 Å². The molecule has 2 aromatic heterocycles. The summed E-state index contributed by atoms with van der Waals surface area (Å²) in [4.78, 5) is 15.8. The summed E-state index contributed by atoms with van der Waals surface area (Å²) in [7, 11) is -3.80. The van der Waals surface area contributed by atoms with Crippen molar-refractivity contribution in [3.8, 4) is 0 Å². The van der Waals surface area contributed by atoms with Gasteiger partial charge in [0.1, 0.15) is 0 Å². The van der Waals surface area contributed by atoms with Crippen LogP contribution in [0.1, 0.15) is 17.0 Å². The van der Waals surface area contributed by atoms with Crippen LogP contribution in [0, 0.1) is 0 Å². The van der Waals surface area contributed by atoms with Gasteiger partial charge in [-0.05, 0) is 30.3 Å². The molecule has 12 heteroatoms. The lowest BCUT2D eigenvalue weighted by molar-refractivity contribution is 0.0561. The van der Waals surface area contributed by atoms with E-state index in [2.05, 4.69) is 20.1 Å². The van der Waals surface area contributed by atoms with Gasteiger partial charge in [-0.3, -0.25) is 9.52 Å². The van der Waals surface area contributed by atoms with E-state index in [1.54, 1.807) is 5.38 Å². The predicted octanol–water partition coefficient (Wildman–Crippen LogP) is 2.79. The van der Waals surface area contributed by atoms with Crippen LogP contribution in [-0.4, -0.2) is 29.1 Å². The number of anilines is 2. The SMILES string of the molecule is O=C(Nc1ccc(S(=O)(=O)Nc2nccs2)cc1)c1ccn(C(F)F)n1. The van der Waals surface area contributed by atoms with E-state index in [4.69, 9.17) is 0 Å². The number of thiazole rings is 1. The molecule has 1 amide bonds. The van der Waals surface area contributed by atoms with Gasteiger partial charge < -0.3 is 5.32 Å². The lowest BCUT2D eigenvalue weighted by atomic mass is 10.3. The summed E-state index contributed by atoms with van der Waals surface area (Å²) in [5.41, 5.74) is 0.0993. The van der Waals surface area contributed by atoms with Gasteiger partial charge in [0.25, 0.3) is 15.9 Å². The molecule has 0 aliphatic rings. The molecule has 0 bridgehead atoms. The molecule has 3 rings (SSSR count). The molecule has 136 valence electrons. The quantitative estimate of drug-likeness (QED) is 0.663. The number of hydrogen-bond donors (Lipinski definition) is 2. The maximum absolute atomic E-state index is 12.5. The van der Waals surface area contributed by atoms with Crippen LogP contribution in [0.25, 0.3) is 0 Å². The molecule has 0 aliphatic heterocycles. The first-order valence-electron chi connectivity index (χ1n) is 7.02. The first kappa shape index (κ1) is 17.9. The predicted molar refractivity (Wildman–Crippen MR) is 90.8 cm³/mol. The molecule has 2 N–H and O–H groups in total. The molecule has 3 aromatic rings. The van der Waals surface area contributed by atoms with E-state index in [9.17, 15) is 22.0 Å². The molecule has 0 saturated heterocycles. The van der Waals surface area contributed by atoms with E-state index in [1.165, 1.54) is 30.5 Å². The third-order valence-corrected chi connectivity index (χ3v) is 5.29. The van der Waals surface area contributed by atoms with Crippen molar-refractivity contribution in [3.63, 3.8) is 0 Å². The lowest BCUT2D eigenvalue weighted by Crippen LogP contribution is -2.15. The number of nitrogens with one attached hydrogen (secondary N) is 2. The number of carbonyl (C=O) groups is 1. The Morgan fingerprint density at radius 3 is 2.50 bits per heavy atom. The normalized spacial score (nSPS) is 11.5. The second kappa shape index (κ2) is 7.17. The molecule has 26 heavy (non-hydrogen) atoms. The van der Waals surface area contributed by atoms with Gasteiger partial charge in [0.2, 0.25) is 0 Å². The van der Waals surface area contributed by atoms with Gasteiger partial charge in [0, 0.05) is 23.5 Å². The van der Waals surface area contributed by atoms with E-state index < -0.39 is 22.5 Å². The summed E-state index contributed by atoms with van der Waals surface area (Å²) in [5, 5.41) is 7.76. The molecule has 0 atom stereocenters. The molecule has 0 radical (unpaired) electrons. The number of alkyl halides is 2. The van der Waals surface area contributed by atoms with Gasteiger partial charge in [-0.15, -0.1) is 11.3 Å². The fourth-order valence-electron chi connectivity index (χ4n) is 1.93. The zero-order valence-corrected chi connectivity index (χ0v) is 14.5. The van der Waals surface area contributed by atoms with Crippen LogP contribution in [0.3, 0.4) is 0 Å². The van der Waals surface area contributed by atoms with Crippen molar-refractivity contribution in [1.29, 1.82) is 0 Å². The zero-order chi connectivity index (χ0) is 18.7. The number of amides is 1. The van der Waals surface area contributed by atoms with Crippen molar-refractivity contribution in [1.82, 2.24) is 14.8 Å². The number of sulfonamides is 1. The summed E-state index contributed by atoms with van der Waals surface area (Å²) in [6.07, 6.45) is 2.45. The van der Waals surface area contributed by atoms with Gasteiger partial charge in [-0.2, -0.15) is 13.9 Å². The number of rotatable bonds is 6. The Morgan fingerprint density at radius 2 is 1.92 bits per heavy atom. The van der Waals surface area contributed by atoms with Crippen molar-refractivity contribution < 1.29 is 22.0 Å². The maximum atomic E-state index is 12.5. The maximum Gasteiger partial charge on any atom is 0.333 e. The van der Waals surface area contributed by atoms with E-state index in [-0.39, 0.29) is 21.4 Å². The third-order valence-electron chi connectivity index (χ3n) is 3.12. The van der Waals surface area contributed by atoms with Gasteiger partial charge >= 0.3 is 6.55 Å². The first-order valence-corrected chi connectivity index (χ1v) is 9.38. The summed E-state index contributed by atoms with van der Waals surface area (Å²) < 4.78 is 52.0. The number of aromatic nitrogens is 3. The summed E-state index contributed by atoms with van der Waals surface area (Å²) in [5.74, 6) is -0.694. The van der Waals surface area contributed by atoms with E-state index in [1.807, 2.05) is 0 Å². The molecule has 8 nitrogen and oxygen atoms in total. The number of hydrogen-bond acceptors (Lipinski definition) is 6. The van der Waals surface area contributed by atoms with Crippen molar-refractivity contribution in [2.24, 2.45) is 0 Å². The van der Waals surface area contributed by atoms with E-state index >= 15 is 0 Å². The molecule has 0 aliphatic carbocycles. The summed E-state index contributed by atoms with van der Waals surface area (Å²) >= 11 is 1.14. The first-order chi connectivity index (χ1) is 12.3. The molecule has 1 aromatic carbocycles. The Balaban J connectivity index is 1.70. The average molecular weight is 399 g/mol. The summed E-state index contributed by atoms with van der Waals surface area (Å²) in [6.45, 7) is -2.84. The number of carbonyl (C=O) groups excluding carboxylic acids is 1. The largest absolute Gasteiger partial charge is 0.333 e. The van der Waals surface area contributed by atoms with Gasteiger partial charge in [-0.1, -0.05) is 0 Å². The minimum absolute atomic E-state index is 0.0207. The molecular weight excluding hydrogens is 388 g/mol. The van der Waals surface area contributed by atoms with Gasteiger partial charge in [0.05, 0.1) is 4.90 Å². The number of nitrogens with zero attached hydrogens (tertiary/aromatic N) is 3. The van der Waals surface area contributed by atoms with Crippen LogP contribution in [0.15, 0.2) is 53.0 Å². The highest BCUT2D eigenvalue weighted by molar-refractivity contribution is 7.93. The van der Waals surface area contributed by atoms with Crippen LogP contribution < -0.4 is 10.0 Å². The lowest BCUT2D eigenvalue weighted by Gasteiger charge is -2.07. The molecule has 0 spiro atoms. The monoisotopic (exact) mass is 399 g/mol. The molecule has 0 fully saturated rings. The van der Waals surface area contributed by atoms with Crippen LogP contribution in [0.4, 0.5) is 19.6 Å². The average Bonchev–Trinajstić information content (AvgIpc) is 3.26. The fourth-order valence-corrected chi connectivity index (χ4v) is 3.72. The van der Waals surface area contributed by atoms with E-state index in [0.717, 1.165) is 23.6 Å². The Bertz CT molecular complexity index is 1000. The molecule has 2 heterocycles. The zero-order valence-electron chi connectivity index (χ0n) is 12.8. The number of halogens is 2. The second-order valence-electron chi connectivity index (χ2n) is 4.88. The molecule has 0 unspecified atom stereocenters. The van der Waals surface area contributed by atoms with Gasteiger partial charge in [-0.25, -0.2) is 18.1 Å². The Morgan fingerprint density at radius 1 is 1.19 bits per heavy atom. The van der Waals surface area contributed by atoms with Gasteiger partial charge in [0.15, 0.2) is 10.8 Å². The molecule has 0 saturated carbocycles. The third kappa shape index (κ3) is 4.03. The van der Waals surface area contributed by atoms with Crippen LogP contribution >= 0.6 is 11.3 Å². The smallest absolute Gasteiger partial charge is 0.321 e. The summed E-state index contributed by atoms with van der Waals surface area (Å²) in [6, 6.07) is 6.49. The minimum Gasteiger partial charge on any atom is -0.321 e. The second-order valence-corrected chi connectivity index (χ2v) is 7.46. The fraction of sp³-hybridized carbons (Fsp3) is 0.0714. The highest BCUT2D eigenvalue weighted by Gasteiger charge is 2.17. The standard InChI is InChI=1S/C14H11F2N5O3S2/c15-13(16)21-7-5-11(19-21)12(22)18-9-1-3-10(4-2-9)26(23,24)20-14-17-6-8-25-14/h1-8,13H,(H,17,20)(H,18,22). The van der Waals surface area contributed by atoms with Crippen molar-refractivity contribution in [3.05, 3.63) is 53.8 Å². The van der Waals surface area contributed by atoms with Crippen LogP contribution in [0.5, 0.6) is 0 Å². The van der Waals surface area contributed by atoms with Crippen molar-refractivity contribution in [2.45, 2.75) is 11.4 Å². The minimum atomic E-state index is -3.80. The van der Waals surface area contributed by atoms with Crippen molar-refractivity contribution in [2.75, 3.05) is 10.0 Å². The topological polar surface area (TPSA) is 106 Å². The Hall–Kier alpha value is -2.86. The van der Waals surface area contributed by atoms with Crippen LogP contribution in [0.2, 0.25) is 0 Å². The highest BCUT2D eigenvalue weighted by atomic mass is 32.2. The Kier molecular flexibility index (Phi) is 4.95. The van der Waals surface area contributed by atoms with Crippen molar-refractivity contribution >= 4 is 38.1 Å². The molecular formula is C14H11F2N5O3S2. The number of benzene rings is 1. The highest BCUT2D eigenvalue weighted by Crippen LogP contribution is 2.20. The Labute approximate surface area is 150 Å².